The molecule has 90 valence electrons. The quantitative estimate of drug-likeness (QED) is 0.715. The van der Waals surface area contributed by atoms with Gasteiger partial charge in [0.05, 0.1) is 11.2 Å². The van der Waals surface area contributed by atoms with Gasteiger partial charge in [-0.3, -0.25) is 9.48 Å². The first kappa shape index (κ1) is 13.2. The summed E-state index contributed by atoms with van der Waals surface area (Å²) in [6, 6.07) is 0. The Hall–Kier alpha value is -0.830. The number of carbonyl (C=O) groups excluding carboxylic acids is 1. The first-order valence-corrected chi connectivity index (χ1v) is 6.22. The van der Waals surface area contributed by atoms with Crippen molar-refractivity contribution in [1.29, 1.82) is 0 Å². The van der Waals surface area contributed by atoms with E-state index in [0.29, 0.717) is 23.1 Å². The van der Waals surface area contributed by atoms with Crippen LogP contribution < -0.4 is 0 Å². The lowest BCUT2D eigenvalue weighted by Crippen LogP contribution is -2.13. The van der Waals surface area contributed by atoms with Gasteiger partial charge < -0.3 is 0 Å². The van der Waals surface area contributed by atoms with Crippen LogP contribution in [0.25, 0.3) is 0 Å². The Labute approximate surface area is 102 Å². The second kappa shape index (κ2) is 6.04. The minimum Gasteiger partial charge on any atom is -0.292 e. The number of rotatable bonds is 6. The number of halogens is 1. The lowest BCUT2D eigenvalue weighted by molar-refractivity contribution is 0.0953. The van der Waals surface area contributed by atoms with Gasteiger partial charge in [0.15, 0.2) is 5.78 Å². The van der Waals surface area contributed by atoms with Crippen molar-refractivity contribution in [2.75, 3.05) is 0 Å². The van der Waals surface area contributed by atoms with Crippen molar-refractivity contribution in [2.24, 2.45) is 5.92 Å². The molecule has 1 aromatic heterocycles. The molecule has 0 fully saturated rings. The molecule has 1 unspecified atom stereocenters. The monoisotopic (exact) mass is 242 g/mol. The van der Waals surface area contributed by atoms with E-state index in [-0.39, 0.29) is 5.78 Å². The smallest absolute Gasteiger partial charge is 0.182 e. The Morgan fingerprint density at radius 3 is 2.81 bits per heavy atom. The van der Waals surface area contributed by atoms with Crippen molar-refractivity contribution >= 4 is 17.4 Å². The van der Waals surface area contributed by atoms with Crippen molar-refractivity contribution in [3.8, 4) is 0 Å². The molecule has 0 saturated heterocycles. The van der Waals surface area contributed by atoms with E-state index in [4.69, 9.17) is 11.6 Å². The van der Waals surface area contributed by atoms with Gasteiger partial charge in [0.25, 0.3) is 0 Å². The third-order valence-corrected chi connectivity index (χ3v) is 3.00. The Balaban J connectivity index is 2.84. The highest BCUT2D eigenvalue weighted by molar-refractivity contribution is 6.33. The van der Waals surface area contributed by atoms with Gasteiger partial charge in [-0.05, 0) is 12.3 Å². The molecule has 3 nitrogen and oxygen atoms in total. The van der Waals surface area contributed by atoms with E-state index in [2.05, 4.69) is 25.9 Å². The van der Waals surface area contributed by atoms with Gasteiger partial charge in [-0.15, -0.1) is 0 Å². The summed E-state index contributed by atoms with van der Waals surface area (Å²) in [5.74, 6) is 0.499. The maximum Gasteiger partial charge on any atom is 0.182 e. The van der Waals surface area contributed by atoms with Gasteiger partial charge in [0.2, 0.25) is 0 Å². The summed E-state index contributed by atoms with van der Waals surface area (Å²) in [5.41, 5.74) is 0.573. The summed E-state index contributed by atoms with van der Waals surface area (Å²) in [6.45, 7) is 6.96. The third-order valence-electron chi connectivity index (χ3n) is 2.73. The number of Topliss-reactive ketones (excluding diaryl/α,β-unsaturated/α-hetero) is 1. The van der Waals surface area contributed by atoms with Crippen LogP contribution in [0.2, 0.25) is 5.02 Å². The van der Waals surface area contributed by atoms with Crippen LogP contribution >= 0.6 is 11.6 Å². The van der Waals surface area contributed by atoms with Gasteiger partial charge in [0.1, 0.15) is 5.69 Å². The van der Waals surface area contributed by atoms with E-state index in [0.717, 1.165) is 19.4 Å². The van der Waals surface area contributed by atoms with Crippen molar-refractivity contribution in [3.63, 3.8) is 0 Å². The topological polar surface area (TPSA) is 34.9 Å². The molecule has 0 aliphatic heterocycles. The minimum atomic E-state index is 0.102. The van der Waals surface area contributed by atoms with Gasteiger partial charge >= 0.3 is 0 Å². The van der Waals surface area contributed by atoms with Crippen LogP contribution in [-0.2, 0) is 6.54 Å². The maximum atomic E-state index is 12.0. The summed E-state index contributed by atoms with van der Waals surface area (Å²) in [4.78, 5) is 12.0. The summed E-state index contributed by atoms with van der Waals surface area (Å²) in [7, 11) is 0. The number of aryl methyl sites for hydroxylation is 1. The maximum absolute atomic E-state index is 12.0. The minimum absolute atomic E-state index is 0.102. The molecule has 0 bridgehead atoms. The predicted octanol–water partition coefficient (Wildman–Crippen LogP) is 3.57. The van der Waals surface area contributed by atoms with Crippen LogP contribution in [0.15, 0.2) is 6.20 Å². The Morgan fingerprint density at radius 2 is 2.25 bits per heavy atom. The number of hydrogen-bond donors (Lipinski definition) is 0. The number of hydrogen-bond acceptors (Lipinski definition) is 2. The molecule has 0 amide bonds. The molecular weight excluding hydrogens is 224 g/mol. The summed E-state index contributed by atoms with van der Waals surface area (Å²) >= 11 is 6.00. The van der Waals surface area contributed by atoms with Crippen LogP contribution in [-0.4, -0.2) is 15.6 Å². The lowest BCUT2D eigenvalue weighted by Gasteiger charge is -2.09. The molecule has 4 heteroatoms. The standard InChI is InChI=1S/C12H19ClN2O/c1-4-6-15-12(10(13)8-14-15)11(16)7-9(3)5-2/h8-9H,4-7H2,1-3H3. The molecule has 1 aromatic rings. The van der Waals surface area contributed by atoms with E-state index >= 15 is 0 Å². The predicted molar refractivity (Wildman–Crippen MR) is 65.9 cm³/mol. The molecule has 16 heavy (non-hydrogen) atoms. The lowest BCUT2D eigenvalue weighted by atomic mass is 10.0. The summed E-state index contributed by atoms with van der Waals surface area (Å²) < 4.78 is 1.72. The molecule has 0 radical (unpaired) electrons. The van der Waals surface area contributed by atoms with E-state index in [9.17, 15) is 4.79 Å². The van der Waals surface area contributed by atoms with Crippen molar-refractivity contribution in [3.05, 3.63) is 16.9 Å². The number of carbonyl (C=O) groups is 1. The van der Waals surface area contributed by atoms with Crippen molar-refractivity contribution in [2.45, 2.75) is 46.6 Å². The van der Waals surface area contributed by atoms with Gasteiger partial charge in [0, 0.05) is 13.0 Å². The molecule has 0 aromatic carbocycles. The molecule has 0 aliphatic rings. The summed E-state index contributed by atoms with van der Waals surface area (Å²) in [5, 5.41) is 4.60. The van der Waals surface area contributed by atoms with E-state index in [1.807, 2.05) is 0 Å². The molecule has 1 heterocycles. The summed E-state index contributed by atoms with van der Waals surface area (Å²) in [6.07, 6.45) is 4.06. The van der Waals surface area contributed by atoms with Crippen LogP contribution in [0.3, 0.4) is 0 Å². The van der Waals surface area contributed by atoms with Crippen molar-refractivity contribution in [1.82, 2.24) is 9.78 Å². The van der Waals surface area contributed by atoms with Crippen LogP contribution in [0.1, 0.15) is 50.5 Å². The highest BCUT2D eigenvalue weighted by atomic mass is 35.5. The van der Waals surface area contributed by atoms with Gasteiger partial charge in [-0.25, -0.2) is 0 Å². The van der Waals surface area contributed by atoms with Gasteiger partial charge in [-0.1, -0.05) is 38.8 Å². The van der Waals surface area contributed by atoms with Gasteiger partial charge in [-0.2, -0.15) is 5.10 Å². The fourth-order valence-electron chi connectivity index (χ4n) is 1.58. The fraction of sp³-hybridized carbons (Fsp3) is 0.667. The number of aromatic nitrogens is 2. The SMILES string of the molecule is CCCn1ncc(Cl)c1C(=O)CC(C)CC. The number of nitrogens with zero attached hydrogens (tertiary/aromatic N) is 2. The molecular formula is C12H19ClN2O. The molecule has 0 saturated carbocycles. The molecule has 0 aliphatic carbocycles. The van der Waals surface area contributed by atoms with E-state index in [1.165, 1.54) is 0 Å². The van der Waals surface area contributed by atoms with E-state index in [1.54, 1.807) is 10.9 Å². The highest BCUT2D eigenvalue weighted by Crippen LogP contribution is 2.20. The zero-order chi connectivity index (χ0) is 12.1. The Kier molecular flexibility index (Phi) is 5.00. The van der Waals surface area contributed by atoms with Crippen LogP contribution in [0.4, 0.5) is 0 Å². The van der Waals surface area contributed by atoms with Crippen LogP contribution in [0, 0.1) is 5.92 Å². The zero-order valence-electron chi connectivity index (χ0n) is 10.2. The first-order valence-electron chi connectivity index (χ1n) is 5.84. The van der Waals surface area contributed by atoms with E-state index < -0.39 is 0 Å². The molecule has 0 N–H and O–H groups in total. The normalized spacial score (nSPS) is 12.8. The average Bonchev–Trinajstić information content (AvgIpc) is 2.60. The highest BCUT2D eigenvalue weighted by Gasteiger charge is 2.18. The Bertz CT molecular complexity index is 360. The first-order chi connectivity index (χ1) is 7.60. The second-order valence-electron chi connectivity index (χ2n) is 4.20. The van der Waals surface area contributed by atoms with Crippen molar-refractivity contribution < 1.29 is 4.79 Å². The molecule has 1 atom stereocenters. The molecule has 0 spiro atoms. The fourth-order valence-corrected chi connectivity index (χ4v) is 1.83. The third kappa shape index (κ3) is 3.08. The Morgan fingerprint density at radius 1 is 1.56 bits per heavy atom. The second-order valence-corrected chi connectivity index (χ2v) is 4.61. The van der Waals surface area contributed by atoms with Crippen LogP contribution in [0.5, 0.6) is 0 Å². The largest absolute Gasteiger partial charge is 0.292 e. The molecule has 1 rings (SSSR count). The zero-order valence-corrected chi connectivity index (χ0v) is 10.9. The average molecular weight is 243 g/mol. The number of ketones is 1.